The van der Waals surface area contributed by atoms with Crippen LogP contribution < -0.4 is 14.7 Å². The lowest BCUT2D eigenvalue weighted by molar-refractivity contribution is 1.02. The summed E-state index contributed by atoms with van der Waals surface area (Å²) < 4.78 is 0. The van der Waals surface area contributed by atoms with Crippen LogP contribution in [-0.4, -0.2) is 20.6 Å². The highest BCUT2D eigenvalue weighted by Gasteiger charge is 2.15. The Labute approximate surface area is 185 Å². The van der Waals surface area contributed by atoms with Crippen molar-refractivity contribution in [3.63, 3.8) is 0 Å². The van der Waals surface area contributed by atoms with Crippen LogP contribution in [0.1, 0.15) is 6.92 Å². The lowest BCUT2D eigenvalue weighted by Crippen LogP contribution is -2.18. The maximum atomic E-state index is 2.35. The van der Waals surface area contributed by atoms with E-state index in [1.165, 1.54) is 11.4 Å². The number of hydrogen-bond acceptors (Lipinski definition) is 3. The van der Waals surface area contributed by atoms with Gasteiger partial charge in [0.2, 0.25) is 0 Å². The molecule has 0 bridgehead atoms. The molecule has 0 N–H and O–H groups in total. The van der Waals surface area contributed by atoms with Crippen LogP contribution in [0.4, 0.5) is 34.1 Å². The van der Waals surface area contributed by atoms with Crippen LogP contribution >= 0.6 is 0 Å². The Morgan fingerprint density at radius 1 is 0.452 bits per heavy atom. The Hall–Kier alpha value is -3.72. The zero-order chi connectivity index (χ0) is 21.6. The number of para-hydroxylation sites is 3. The van der Waals surface area contributed by atoms with E-state index in [2.05, 4.69) is 145 Å². The van der Waals surface area contributed by atoms with Crippen molar-refractivity contribution in [2.75, 3.05) is 35.3 Å². The first kappa shape index (κ1) is 20.5. The smallest absolute Gasteiger partial charge is 0.0452 e. The van der Waals surface area contributed by atoms with Crippen LogP contribution in [0.5, 0.6) is 0 Å². The summed E-state index contributed by atoms with van der Waals surface area (Å²) in [6, 6.07) is 38.3. The second-order valence-electron chi connectivity index (χ2n) is 7.58. The molecule has 0 unspecified atom stereocenters. The minimum Gasteiger partial charge on any atom is -0.344 e. The summed E-state index contributed by atoms with van der Waals surface area (Å²) in [5.74, 6) is 0. The average molecular weight is 408 g/mol. The lowest BCUT2D eigenvalue weighted by Gasteiger charge is -2.29. The maximum Gasteiger partial charge on any atom is 0.0452 e. The van der Waals surface area contributed by atoms with E-state index in [1.807, 2.05) is 0 Å². The molecule has 4 aromatic rings. The number of benzene rings is 4. The molecule has 0 aliphatic heterocycles. The molecule has 0 aliphatic carbocycles. The second kappa shape index (κ2) is 9.40. The fraction of sp³-hybridized carbons (Fsp3) is 0.143. The number of rotatable bonds is 7. The van der Waals surface area contributed by atoms with Crippen LogP contribution in [0.2, 0.25) is 0 Å². The van der Waals surface area contributed by atoms with Crippen LogP contribution in [0.25, 0.3) is 0 Å². The molecule has 0 spiro atoms. The molecule has 0 atom stereocenters. The minimum atomic E-state index is 0.886. The number of nitrogens with zero attached hydrogens (tertiary/aromatic N) is 3. The van der Waals surface area contributed by atoms with Gasteiger partial charge in [-0.3, -0.25) is 0 Å². The molecule has 3 nitrogen and oxygen atoms in total. The first-order chi connectivity index (χ1) is 15.2. The van der Waals surface area contributed by atoms with Crippen molar-refractivity contribution in [3.8, 4) is 0 Å². The fourth-order valence-electron chi connectivity index (χ4n) is 3.85. The van der Waals surface area contributed by atoms with Gasteiger partial charge >= 0.3 is 0 Å². The van der Waals surface area contributed by atoms with Gasteiger partial charge in [0.25, 0.3) is 0 Å². The highest BCUT2D eigenvalue weighted by atomic mass is 15.2. The predicted octanol–water partition coefficient (Wildman–Crippen LogP) is 7.38. The third kappa shape index (κ3) is 4.56. The van der Waals surface area contributed by atoms with Gasteiger partial charge in [0.05, 0.1) is 0 Å². The topological polar surface area (TPSA) is 9.72 Å². The van der Waals surface area contributed by atoms with Crippen molar-refractivity contribution >= 4 is 34.1 Å². The molecular formula is C28H29N3. The summed E-state index contributed by atoms with van der Waals surface area (Å²) in [5, 5.41) is 0. The van der Waals surface area contributed by atoms with Gasteiger partial charge in [-0.05, 0) is 61.5 Å². The van der Waals surface area contributed by atoms with Gasteiger partial charge < -0.3 is 14.7 Å². The highest BCUT2D eigenvalue weighted by Crippen LogP contribution is 2.37. The molecule has 0 amide bonds. The highest BCUT2D eigenvalue weighted by molar-refractivity contribution is 5.79. The molecule has 0 heterocycles. The number of anilines is 6. The van der Waals surface area contributed by atoms with Gasteiger partial charge in [-0.1, -0.05) is 54.6 Å². The normalized spacial score (nSPS) is 10.5. The number of hydrogen-bond donors (Lipinski definition) is 0. The SMILES string of the molecule is CCN(c1ccccc1)c1cc(N(C)c2ccccc2)cc(N(C)c2ccccc2)c1. The van der Waals surface area contributed by atoms with Gasteiger partial charge in [0.15, 0.2) is 0 Å². The molecule has 0 fully saturated rings. The predicted molar refractivity (Wildman–Crippen MR) is 135 cm³/mol. The summed E-state index contributed by atoms with van der Waals surface area (Å²) in [5.41, 5.74) is 6.99. The first-order valence-corrected chi connectivity index (χ1v) is 10.7. The molecule has 0 aromatic heterocycles. The molecule has 4 aromatic carbocycles. The Kier molecular flexibility index (Phi) is 6.23. The summed E-state index contributed by atoms with van der Waals surface area (Å²) in [4.78, 5) is 6.83. The Morgan fingerprint density at radius 3 is 1.19 bits per heavy atom. The van der Waals surface area contributed by atoms with E-state index in [0.717, 1.165) is 29.3 Å². The molecule has 0 aliphatic rings. The van der Waals surface area contributed by atoms with Crippen LogP contribution in [-0.2, 0) is 0 Å². The van der Waals surface area contributed by atoms with Gasteiger partial charge in [0.1, 0.15) is 0 Å². The minimum absolute atomic E-state index is 0.886. The monoisotopic (exact) mass is 407 g/mol. The van der Waals surface area contributed by atoms with Crippen molar-refractivity contribution in [3.05, 3.63) is 109 Å². The zero-order valence-corrected chi connectivity index (χ0v) is 18.4. The van der Waals surface area contributed by atoms with E-state index in [-0.39, 0.29) is 0 Å². The molecule has 156 valence electrons. The van der Waals surface area contributed by atoms with Crippen molar-refractivity contribution in [1.29, 1.82) is 0 Å². The molecule has 3 heteroatoms. The van der Waals surface area contributed by atoms with Gasteiger partial charge in [-0.2, -0.15) is 0 Å². The van der Waals surface area contributed by atoms with E-state index in [1.54, 1.807) is 0 Å². The van der Waals surface area contributed by atoms with Gasteiger partial charge in [-0.15, -0.1) is 0 Å². The van der Waals surface area contributed by atoms with E-state index in [9.17, 15) is 0 Å². The quantitative estimate of drug-likeness (QED) is 0.316. The molecule has 0 saturated heterocycles. The Balaban J connectivity index is 1.82. The Morgan fingerprint density at radius 2 is 0.806 bits per heavy atom. The second-order valence-corrected chi connectivity index (χ2v) is 7.58. The van der Waals surface area contributed by atoms with Crippen LogP contribution in [0.15, 0.2) is 109 Å². The summed E-state index contributed by atoms with van der Waals surface area (Å²) >= 11 is 0. The summed E-state index contributed by atoms with van der Waals surface area (Å²) in [6.07, 6.45) is 0. The van der Waals surface area contributed by atoms with Crippen molar-refractivity contribution in [2.45, 2.75) is 6.92 Å². The van der Waals surface area contributed by atoms with Crippen molar-refractivity contribution in [1.82, 2.24) is 0 Å². The van der Waals surface area contributed by atoms with E-state index >= 15 is 0 Å². The van der Waals surface area contributed by atoms with E-state index < -0.39 is 0 Å². The van der Waals surface area contributed by atoms with E-state index in [4.69, 9.17) is 0 Å². The largest absolute Gasteiger partial charge is 0.344 e. The third-order valence-electron chi connectivity index (χ3n) is 5.64. The van der Waals surface area contributed by atoms with E-state index in [0.29, 0.717) is 0 Å². The van der Waals surface area contributed by atoms with Crippen LogP contribution in [0.3, 0.4) is 0 Å². The first-order valence-electron chi connectivity index (χ1n) is 10.7. The molecule has 0 saturated carbocycles. The third-order valence-corrected chi connectivity index (χ3v) is 5.64. The molecule has 4 rings (SSSR count). The average Bonchev–Trinajstić information content (AvgIpc) is 2.85. The van der Waals surface area contributed by atoms with Crippen molar-refractivity contribution in [2.24, 2.45) is 0 Å². The lowest BCUT2D eigenvalue weighted by atomic mass is 10.1. The maximum absolute atomic E-state index is 2.35. The molecule has 0 radical (unpaired) electrons. The van der Waals surface area contributed by atoms with Gasteiger partial charge in [-0.25, -0.2) is 0 Å². The zero-order valence-electron chi connectivity index (χ0n) is 18.4. The summed E-state index contributed by atoms with van der Waals surface area (Å²) in [7, 11) is 4.25. The molecular weight excluding hydrogens is 378 g/mol. The summed E-state index contributed by atoms with van der Waals surface area (Å²) in [6.45, 7) is 3.08. The fourth-order valence-corrected chi connectivity index (χ4v) is 3.85. The van der Waals surface area contributed by atoms with Crippen LogP contribution in [0, 0.1) is 0 Å². The Bertz CT molecular complexity index is 1030. The van der Waals surface area contributed by atoms with Gasteiger partial charge in [0, 0.05) is 54.8 Å². The standard InChI is InChI=1S/C28H29N3/c1-4-31(25-18-12-7-13-19-25)28-21-26(29(2)23-14-8-5-9-15-23)20-27(22-28)30(3)24-16-10-6-11-17-24/h5-22H,4H2,1-3H3. The van der Waals surface area contributed by atoms with Crippen molar-refractivity contribution < 1.29 is 0 Å². The molecule has 31 heavy (non-hydrogen) atoms.